The number of hydrogen-bond donors (Lipinski definition) is 2. The topological polar surface area (TPSA) is 55.5 Å². The maximum absolute atomic E-state index is 9.28. The summed E-state index contributed by atoms with van der Waals surface area (Å²) in [6, 6.07) is 3.25. The molecule has 3 nitrogen and oxygen atoms in total. The van der Waals surface area contributed by atoms with Gasteiger partial charge in [0.25, 0.3) is 0 Å². The van der Waals surface area contributed by atoms with Crippen LogP contribution in [-0.4, -0.2) is 11.7 Å². The molecule has 1 aromatic rings. The minimum Gasteiger partial charge on any atom is -0.508 e. The lowest BCUT2D eigenvalue weighted by molar-refractivity contribution is 0.331. The standard InChI is InChI=1S/C9H11NO2/c1-5-2-6(11)3-7-8(10)4-12-9(5)7/h2-3,8,11H,4,10H2,1H3. The molecule has 0 aliphatic carbocycles. The highest BCUT2D eigenvalue weighted by molar-refractivity contribution is 5.49. The molecule has 1 heterocycles. The largest absolute Gasteiger partial charge is 0.508 e. The Bertz CT molecular complexity index is 323. The van der Waals surface area contributed by atoms with Crippen molar-refractivity contribution in [2.75, 3.05) is 6.61 Å². The Morgan fingerprint density at radius 1 is 1.58 bits per heavy atom. The van der Waals surface area contributed by atoms with Gasteiger partial charge in [-0.2, -0.15) is 0 Å². The maximum atomic E-state index is 9.28. The number of ether oxygens (including phenoxy) is 1. The third kappa shape index (κ3) is 0.940. The minimum atomic E-state index is -0.0919. The van der Waals surface area contributed by atoms with Crippen molar-refractivity contribution >= 4 is 0 Å². The van der Waals surface area contributed by atoms with Crippen molar-refractivity contribution in [1.82, 2.24) is 0 Å². The molecule has 12 heavy (non-hydrogen) atoms. The number of benzene rings is 1. The average molecular weight is 165 g/mol. The summed E-state index contributed by atoms with van der Waals surface area (Å²) in [5.74, 6) is 1.09. The predicted molar refractivity (Wildman–Crippen MR) is 45.3 cm³/mol. The van der Waals surface area contributed by atoms with E-state index in [4.69, 9.17) is 10.5 Å². The van der Waals surface area contributed by atoms with Crippen molar-refractivity contribution in [3.8, 4) is 11.5 Å². The molecule has 3 heteroatoms. The summed E-state index contributed by atoms with van der Waals surface area (Å²) in [5, 5.41) is 9.28. The van der Waals surface area contributed by atoms with E-state index in [1.165, 1.54) is 0 Å². The van der Waals surface area contributed by atoms with Crippen molar-refractivity contribution < 1.29 is 9.84 Å². The van der Waals surface area contributed by atoms with E-state index in [0.29, 0.717) is 6.61 Å². The number of phenolic OH excluding ortho intramolecular Hbond substituents is 1. The van der Waals surface area contributed by atoms with E-state index >= 15 is 0 Å². The lowest BCUT2D eigenvalue weighted by Crippen LogP contribution is -2.10. The first kappa shape index (κ1) is 7.43. The number of rotatable bonds is 0. The summed E-state index contributed by atoms with van der Waals surface area (Å²) in [7, 11) is 0. The van der Waals surface area contributed by atoms with Crippen LogP contribution in [0.25, 0.3) is 0 Å². The van der Waals surface area contributed by atoms with Gasteiger partial charge in [0.15, 0.2) is 0 Å². The molecule has 0 saturated heterocycles. The van der Waals surface area contributed by atoms with E-state index < -0.39 is 0 Å². The van der Waals surface area contributed by atoms with Crippen LogP contribution >= 0.6 is 0 Å². The Hall–Kier alpha value is -1.22. The smallest absolute Gasteiger partial charge is 0.127 e. The molecule has 0 amide bonds. The van der Waals surface area contributed by atoms with Crippen LogP contribution in [0.15, 0.2) is 12.1 Å². The van der Waals surface area contributed by atoms with E-state index in [0.717, 1.165) is 16.9 Å². The van der Waals surface area contributed by atoms with E-state index in [9.17, 15) is 5.11 Å². The fraction of sp³-hybridized carbons (Fsp3) is 0.333. The van der Waals surface area contributed by atoms with Gasteiger partial charge in [-0.25, -0.2) is 0 Å². The summed E-state index contributed by atoms with van der Waals surface area (Å²) in [6.45, 7) is 2.41. The summed E-state index contributed by atoms with van der Waals surface area (Å²) in [4.78, 5) is 0. The van der Waals surface area contributed by atoms with Gasteiger partial charge in [-0.3, -0.25) is 0 Å². The monoisotopic (exact) mass is 165 g/mol. The molecule has 0 fully saturated rings. The second-order valence-corrected chi connectivity index (χ2v) is 3.10. The lowest BCUT2D eigenvalue weighted by Gasteiger charge is -2.04. The van der Waals surface area contributed by atoms with Gasteiger partial charge in [-0.05, 0) is 24.6 Å². The van der Waals surface area contributed by atoms with Crippen molar-refractivity contribution in [1.29, 1.82) is 0 Å². The van der Waals surface area contributed by atoms with Crippen LogP contribution in [0.4, 0.5) is 0 Å². The summed E-state index contributed by atoms with van der Waals surface area (Å²) < 4.78 is 5.36. The van der Waals surface area contributed by atoms with Gasteiger partial charge in [0, 0.05) is 5.56 Å². The van der Waals surface area contributed by atoms with Gasteiger partial charge in [-0.1, -0.05) is 0 Å². The van der Waals surface area contributed by atoms with Crippen molar-refractivity contribution in [2.24, 2.45) is 5.73 Å². The summed E-state index contributed by atoms with van der Waals surface area (Å²) >= 11 is 0. The predicted octanol–water partition coefficient (Wildman–Crippen LogP) is 1.09. The molecule has 1 unspecified atom stereocenters. The number of phenols is 1. The third-order valence-electron chi connectivity index (χ3n) is 2.09. The molecule has 2 rings (SSSR count). The lowest BCUT2D eigenvalue weighted by atomic mass is 10.1. The van der Waals surface area contributed by atoms with Crippen molar-refractivity contribution in [3.05, 3.63) is 23.3 Å². The third-order valence-corrected chi connectivity index (χ3v) is 2.09. The quantitative estimate of drug-likeness (QED) is 0.605. The van der Waals surface area contributed by atoms with Crippen molar-refractivity contribution in [3.63, 3.8) is 0 Å². The number of hydrogen-bond acceptors (Lipinski definition) is 3. The second-order valence-electron chi connectivity index (χ2n) is 3.10. The van der Waals surface area contributed by atoms with Gasteiger partial charge in [0.2, 0.25) is 0 Å². The van der Waals surface area contributed by atoms with Crippen LogP contribution in [0.3, 0.4) is 0 Å². The normalized spacial score (nSPS) is 20.3. The molecule has 64 valence electrons. The van der Waals surface area contributed by atoms with Gasteiger partial charge >= 0.3 is 0 Å². The zero-order valence-corrected chi connectivity index (χ0v) is 6.87. The zero-order chi connectivity index (χ0) is 8.72. The van der Waals surface area contributed by atoms with Gasteiger partial charge in [0.05, 0.1) is 6.04 Å². The Morgan fingerprint density at radius 3 is 3.08 bits per heavy atom. The molecular weight excluding hydrogens is 154 g/mol. The Morgan fingerprint density at radius 2 is 2.33 bits per heavy atom. The summed E-state index contributed by atoms with van der Waals surface area (Å²) in [6.07, 6.45) is 0. The Labute approximate surface area is 70.8 Å². The van der Waals surface area contributed by atoms with E-state index in [1.807, 2.05) is 6.92 Å². The SMILES string of the molecule is Cc1cc(O)cc2c1OCC2N. The fourth-order valence-electron chi connectivity index (χ4n) is 1.52. The molecule has 3 N–H and O–H groups in total. The highest BCUT2D eigenvalue weighted by Gasteiger charge is 2.22. The molecule has 0 radical (unpaired) electrons. The molecule has 0 aromatic heterocycles. The molecule has 0 bridgehead atoms. The average Bonchev–Trinajstić information content (AvgIpc) is 2.33. The van der Waals surface area contributed by atoms with Gasteiger partial charge in [-0.15, -0.1) is 0 Å². The number of nitrogens with two attached hydrogens (primary N) is 1. The van der Waals surface area contributed by atoms with E-state index in [-0.39, 0.29) is 11.8 Å². The van der Waals surface area contributed by atoms with Crippen LogP contribution in [-0.2, 0) is 0 Å². The Balaban J connectivity index is 2.60. The number of aromatic hydroxyl groups is 1. The molecule has 1 aliphatic heterocycles. The van der Waals surface area contributed by atoms with E-state index in [2.05, 4.69) is 0 Å². The van der Waals surface area contributed by atoms with Crippen LogP contribution in [0.2, 0.25) is 0 Å². The first-order valence-electron chi connectivity index (χ1n) is 3.90. The molecule has 1 aliphatic rings. The van der Waals surface area contributed by atoms with E-state index in [1.54, 1.807) is 12.1 Å². The highest BCUT2D eigenvalue weighted by Crippen LogP contribution is 2.36. The fourth-order valence-corrected chi connectivity index (χ4v) is 1.52. The van der Waals surface area contributed by atoms with Gasteiger partial charge < -0.3 is 15.6 Å². The zero-order valence-electron chi connectivity index (χ0n) is 6.87. The second kappa shape index (κ2) is 2.38. The van der Waals surface area contributed by atoms with Crippen LogP contribution in [0, 0.1) is 6.92 Å². The summed E-state index contributed by atoms with van der Waals surface area (Å²) in [5.41, 5.74) is 7.60. The first-order chi connectivity index (χ1) is 5.68. The highest BCUT2D eigenvalue weighted by atomic mass is 16.5. The molecule has 1 aromatic carbocycles. The maximum Gasteiger partial charge on any atom is 0.127 e. The van der Waals surface area contributed by atoms with Crippen molar-refractivity contribution in [2.45, 2.75) is 13.0 Å². The number of fused-ring (bicyclic) bond motifs is 1. The van der Waals surface area contributed by atoms with Gasteiger partial charge in [0.1, 0.15) is 18.1 Å². The molecule has 1 atom stereocenters. The molecular formula is C9H11NO2. The minimum absolute atomic E-state index is 0.0919. The van der Waals surface area contributed by atoms with Crippen LogP contribution < -0.4 is 10.5 Å². The van der Waals surface area contributed by atoms with Crippen LogP contribution in [0.1, 0.15) is 17.2 Å². The first-order valence-corrected chi connectivity index (χ1v) is 3.90. The Kier molecular flexibility index (Phi) is 1.48. The molecule has 0 saturated carbocycles. The number of aryl methyl sites for hydroxylation is 1. The van der Waals surface area contributed by atoms with Crippen LogP contribution in [0.5, 0.6) is 11.5 Å². The molecule has 0 spiro atoms.